The van der Waals surface area contributed by atoms with Gasteiger partial charge in [0.2, 0.25) is 5.91 Å². The lowest BCUT2D eigenvalue weighted by Crippen LogP contribution is -2.54. The van der Waals surface area contributed by atoms with Crippen LogP contribution in [0.5, 0.6) is 0 Å². The first-order valence-electron chi connectivity index (χ1n) is 15.0. The number of nitrogens with one attached hydrogen (secondary N) is 1. The Morgan fingerprint density at radius 1 is 0.950 bits per heavy atom. The predicted molar refractivity (Wildman–Crippen MR) is 161 cm³/mol. The van der Waals surface area contributed by atoms with E-state index in [0.717, 1.165) is 81.1 Å². The minimum Gasteiger partial charge on any atom is -0.357 e. The van der Waals surface area contributed by atoms with Crippen molar-refractivity contribution in [2.24, 2.45) is 11.3 Å². The van der Waals surface area contributed by atoms with Crippen LogP contribution < -0.4 is 10.2 Å². The SMILES string of the molecule is CC1(C)CC(=O)C2=C(C1)Nc1ccccc1N(CC(=O)N1CCN(Cc3ccccc3)CC1)C2C1CC=CCC1. The molecule has 6 nitrogen and oxygen atoms in total. The number of hydrogen-bond donors (Lipinski definition) is 1. The minimum atomic E-state index is -0.108. The molecule has 6 rings (SSSR count). The molecule has 6 heteroatoms. The number of carbonyl (C=O) groups excluding carboxylic acids is 2. The van der Waals surface area contributed by atoms with E-state index in [4.69, 9.17) is 0 Å². The molecule has 2 aliphatic carbocycles. The standard InChI is InChI=1S/C34H42N4O2/c1-34(2)21-28-32(30(39)22-34)33(26-13-7-4-8-14-26)38(29-16-10-9-15-27(29)35-28)24-31(40)37-19-17-36(18-20-37)23-25-11-5-3-6-12-25/h3-7,9-12,15-16,26,33,35H,8,13-14,17-24H2,1-2H3. The van der Waals surface area contributed by atoms with E-state index in [0.29, 0.717) is 12.3 Å². The number of hydrogen-bond acceptors (Lipinski definition) is 5. The smallest absolute Gasteiger partial charge is 0.242 e. The quantitative estimate of drug-likeness (QED) is 0.500. The highest BCUT2D eigenvalue weighted by atomic mass is 16.2. The van der Waals surface area contributed by atoms with Crippen LogP contribution in [0.3, 0.4) is 0 Å². The summed E-state index contributed by atoms with van der Waals surface area (Å²) in [6.07, 6.45) is 8.89. The van der Waals surface area contributed by atoms with Gasteiger partial charge in [0.25, 0.3) is 0 Å². The summed E-state index contributed by atoms with van der Waals surface area (Å²) in [6.45, 7) is 8.79. The van der Waals surface area contributed by atoms with Gasteiger partial charge in [-0.15, -0.1) is 0 Å². The van der Waals surface area contributed by atoms with Crippen LogP contribution in [-0.4, -0.2) is 60.3 Å². The number of benzene rings is 2. The Hall–Kier alpha value is -3.38. The molecule has 2 aromatic rings. The molecule has 0 bridgehead atoms. The number of carbonyl (C=O) groups is 2. The van der Waals surface area contributed by atoms with Crippen LogP contribution in [0.4, 0.5) is 11.4 Å². The van der Waals surface area contributed by atoms with E-state index < -0.39 is 0 Å². The zero-order valence-electron chi connectivity index (χ0n) is 23.9. The summed E-state index contributed by atoms with van der Waals surface area (Å²) in [5.74, 6) is 0.680. The normalized spacial score (nSPS) is 24.7. The maximum absolute atomic E-state index is 14.0. The predicted octanol–water partition coefficient (Wildman–Crippen LogP) is 5.63. The van der Waals surface area contributed by atoms with Crippen LogP contribution in [-0.2, 0) is 16.1 Å². The monoisotopic (exact) mass is 538 g/mol. The largest absolute Gasteiger partial charge is 0.357 e. The molecule has 2 heterocycles. The number of nitrogens with zero attached hydrogens (tertiary/aromatic N) is 3. The molecule has 2 unspecified atom stereocenters. The topological polar surface area (TPSA) is 55.9 Å². The van der Waals surface area contributed by atoms with Gasteiger partial charge in [-0.25, -0.2) is 0 Å². The molecule has 4 aliphatic rings. The van der Waals surface area contributed by atoms with Gasteiger partial charge in [-0.3, -0.25) is 14.5 Å². The molecule has 0 spiro atoms. The van der Waals surface area contributed by atoms with E-state index in [-0.39, 0.29) is 29.7 Å². The molecular weight excluding hydrogens is 496 g/mol. The minimum absolute atomic E-state index is 0.0840. The third kappa shape index (κ3) is 5.60. The summed E-state index contributed by atoms with van der Waals surface area (Å²) >= 11 is 0. The molecule has 1 amide bonds. The maximum atomic E-state index is 14.0. The van der Waals surface area contributed by atoms with Gasteiger partial charge < -0.3 is 15.1 Å². The summed E-state index contributed by atoms with van der Waals surface area (Å²) in [5, 5.41) is 3.70. The van der Waals surface area contributed by atoms with Crippen LogP contribution in [0.15, 0.2) is 78.0 Å². The molecule has 40 heavy (non-hydrogen) atoms. The van der Waals surface area contributed by atoms with Crippen molar-refractivity contribution in [2.45, 2.75) is 58.5 Å². The van der Waals surface area contributed by atoms with E-state index in [1.807, 2.05) is 23.1 Å². The van der Waals surface area contributed by atoms with Crippen molar-refractivity contribution in [1.82, 2.24) is 9.80 Å². The Kier molecular flexibility index (Phi) is 7.54. The van der Waals surface area contributed by atoms with Crippen molar-refractivity contribution in [3.63, 3.8) is 0 Å². The van der Waals surface area contributed by atoms with Gasteiger partial charge in [-0.05, 0) is 54.7 Å². The molecule has 1 saturated heterocycles. The Morgan fingerprint density at radius 3 is 2.45 bits per heavy atom. The average Bonchev–Trinajstić information content (AvgIpc) is 3.08. The Morgan fingerprint density at radius 2 is 1.70 bits per heavy atom. The fraction of sp³-hybridized carbons (Fsp3) is 0.471. The van der Waals surface area contributed by atoms with E-state index in [1.165, 1.54) is 5.56 Å². The van der Waals surface area contributed by atoms with Gasteiger partial charge in [0, 0.05) is 50.4 Å². The molecule has 210 valence electrons. The zero-order valence-corrected chi connectivity index (χ0v) is 23.9. The highest BCUT2D eigenvalue weighted by Crippen LogP contribution is 2.46. The van der Waals surface area contributed by atoms with Gasteiger partial charge in [-0.2, -0.15) is 0 Å². The Labute approximate surface area is 238 Å². The van der Waals surface area contributed by atoms with Crippen LogP contribution in [0, 0.1) is 11.3 Å². The highest BCUT2D eigenvalue weighted by molar-refractivity contribution is 6.01. The molecule has 0 radical (unpaired) electrons. The first kappa shape index (κ1) is 26.8. The summed E-state index contributed by atoms with van der Waals surface area (Å²) in [4.78, 5) is 34.6. The number of amides is 1. The molecule has 2 aromatic carbocycles. The van der Waals surface area contributed by atoms with Crippen molar-refractivity contribution in [3.05, 3.63) is 83.6 Å². The lowest BCUT2D eigenvalue weighted by Gasteiger charge is -2.43. The molecule has 1 N–H and O–H groups in total. The van der Waals surface area contributed by atoms with Crippen molar-refractivity contribution in [3.8, 4) is 0 Å². The summed E-state index contributed by atoms with van der Waals surface area (Å²) in [6, 6.07) is 18.7. The van der Waals surface area contributed by atoms with Gasteiger partial charge >= 0.3 is 0 Å². The Balaban J connectivity index is 1.28. The fourth-order valence-corrected chi connectivity index (χ4v) is 7.11. The molecular formula is C34H42N4O2. The number of piperazine rings is 1. The van der Waals surface area contributed by atoms with Gasteiger partial charge in [0.1, 0.15) is 0 Å². The number of ketones is 1. The number of fused-ring (bicyclic) bond motifs is 1. The molecule has 0 saturated carbocycles. The van der Waals surface area contributed by atoms with E-state index in [2.05, 4.69) is 77.5 Å². The number of para-hydroxylation sites is 2. The number of allylic oxidation sites excluding steroid dienone is 3. The van der Waals surface area contributed by atoms with Crippen LogP contribution in [0.2, 0.25) is 0 Å². The Bertz CT molecular complexity index is 1310. The third-order valence-corrected chi connectivity index (χ3v) is 9.09. The van der Waals surface area contributed by atoms with E-state index in [1.54, 1.807) is 0 Å². The van der Waals surface area contributed by atoms with Gasteiger partial charge in [0.15, 0.2) is 5.78 Å². The molecule has 2 atom stereocenters. The van der Waals surface area contributed by atoms with E-state index in [9.17, 15) is 9.59 Å². The second-order valence-corrected chi connectivity index (χ2v) is 12.7. The molecule has 1 fully saturated rings. The summed E-state index contributed by atoms with van der Waals surface area (Å²) in [7, 11) is 0. The van der Waals surface area contributed by atoms with Crippen molar-refractivity contribution in [1.29, 1.82) is 0 Å². The van der Waals surface area contributed by atoms with Gasteiger partial charge in [0.05, 0.1) is 24.0 Å². The summed E-state index contributed by atoms with van der Waals surface area (Å²) in [5.41, 5.74) is 5.21. The van der Waals surface area contributed by atoms with Crippen LogP contribution in [0.25, 0.3) is 0 Å². The average molecular weight is 539 g/mol. The maximum Gasteiger partial charge on any atom is 0.242 e. The fourth-order valence-electron chi connectivity index (χ4n) is 7.11. The van der Waals surface area contributed by atoms with Crippen molar-refractivity contribution < 1.29 is 9.59 Å². The second kappa shape index (κ2) is 11.2. The zero-order chi connectivity index (χ0) is 27.7. The molecule has 2 aliphatic heterocycles. The number of rotatable bonds is 5. The summed E-state index contributed by atoms with van der Waals surface area (Å²) < 4.78 is 0. The number of Topliss-reactive ketones (excluding diaryl/α,β-unsaturated/α-hetero) is 1. The van der Waals surface area contributed by atoms with Gasteiger partial charge in [-0.1, -0.05) is 68.5 Å². The van der Waals surface area contributed by atoms with Crippen molar-refractivity contribution >= 4 is 23.1 Å². The van der Waals surface area contributed by atoms with Crippen molar-refractivity contribution in [2.75, 3.05) is 42.9 Å². The second-order valence-electron chi connectivity index (χ2n) is 12.7. The lowest BCUT2D eigenvalue weighted by molar-refractivity contribution is -0.131. The third-order valence-electron chi connectivity index (χ3n) is 9.09. The highest BCUT2D eigenvalue weighted by Gasteiger charge is 2.44. The first-order valence-corrected chi connectivity index (χ1v) is 15.0. The van der Waals surface area contributed by atoms with Crippen LogP contribution in [0.1, 0.15) is 51.5 Å². The lowest BCUT2D eigenvalue weighted by atomic mass is 9.71. The van der Waals surface area contributed by atoms with Crippen LogP contribution >= 0.6 is 0 Å². The molecule has 0 aromatic heterocycles. The number of anilines is 2. The van der Waals surface area contributed by atoms with E-state index >= 15 is 0 Å². The first-order chi connectivity index (χ1) is 19.4.